The van der Waals surface area contributed by atoms with Gasteiger partial charge in [-0.2, -0.15) is 0 Å². The molecule has 0 spiro atoms. The maximum atomic E-state index is 12.1. The number of ether oxygens (including phenoxy) is 1. The van der Waals surface area contributed by atoms with Crippen molar-refractivity contribution in [1.29, 1.82) is 0 Å². The lowest BCUT2D eigenvalue weighted by molar-refractivity contribution is 0.00461. The van der Waals surface area contributed by atoms with Crippen molar-refractivity contribution >= 4 is 17.4 Å². The number of hydrogen-bond acceptors (Lipinski definition) is 5. The molecule has 21 heavy (non-hydrogen) atoms. The van der Waals surface area contributed by atoms with Crippen molar-refractivity contribution in [2.75, 3.05) is 19.6 Å². The lowest BCUT2D eigenvalue weighted by Gasteiger charge is -2.39. The first-order chi connectivity index (χ1) is 9.74. The maximum Gasteiger partial charge on any atom is 0.410 e. The van der Waals surface area contributed by atoms with E-state index in [-0.39, 0.29) is 6.09 Å². The first-order valence-corrected chi connectivity index (χ1v) is 8.19. The predicted molar refractivity (Wildman–Crippen MR) is 84.5 cm³/mol. The number of aromatic nitrogens is 1. The molecule has 1 aliphatic heterocycles. The van der Waals surface area contributed by atoms with E-state index in [4.69, 9.17) is 4.74 Å². The Hall–Kier alpha value is -1.14. The van der Waals surface area contributed by atoms with Crippen LogP contribution in [0, 0.1) is 6.92 Å². The largest absolute Gasteiger partial charge is 0.444 e. The summed E-state index contributed by atoms with van der Waals surface area (Å²) in [4.78, 5) is 21.9. The molecule has 0 radical (unpaired) electrons. The average molecular weight is 311 g/mol. The minimum Gasteiger partial charge on any atom is -0.444 e. The monoisotopic (exact) mass is 311 g/mol. The molecule has 0 saturated carbocycles. The van der Waals surface area contributed by atoms with E-state index in [9.17, 15) is 4.79 Å². The van der Waals surface area contributed by atoms with Gasteiger partial charge in [-0.1, -0.05) is 0 Å². The van der Waals surface area contributed by atoms with Gasteiger partial charge in [-0.3, -0.25) is 4.90 Å². The number of carbonyl (C=O) groups is 1. The van der Waals surface area contributed by atoms with Gasteiger partial charge in [0.1, 0.15) is 10.6 Å². The fourth-order valence-electron chi connectivity index (χ4n) is 2.37. The molecule has 2 heterocycles. The smallest absolute Gasteiger partial charge is 0.410 e. The third-order valence-electron chi connectivity index (χ3n) is 3.42. The molecular weight excluding hydrogens is 286 g/mol. The standard InChI is InChI=1S/C15H25N3O2S/c1-11-9-18(14(19)20-15(3,4)5)7-6-17(11)10-13-16-8-12(2)21-13/h8,11H,6-7,9-10H2,1-5H3. The van der Waals surface area contributed by atoms with Crippen molar-refractivity contribution in [3.8, 4) is 0 Å². The van der Waals surface area contributed by atoms with E-state index in [1.165, 1.54) is 4.88 Å². The Labute approximate surface area is 130 Å². The molecule has 1 amide bonds. The zero-order valence-corrected chi connectivity index (χ0v) is 14.4. The zero-order chi connectivity index (χ0) is 15.6. The molecule has 6 heteroatoms. The fraction of sp³-hybridized carbons (Fsp3) is 0.733. The molecule has 1 fully saturated rings. The van der Waals surface area contributed by atoms with Gasteiger partial charge >= 0.3 is 6.09 Å². The molecule has 1 aliphatic rings. The van der Waals surface area contributed by atoms with Gasteiger partial charge < -0.3 is 9.64 Å². The Morgan fingerprint density at radius 2 is 2.19 bits per heavy atom. The summed E-state index contributed by atoms with van der Waals surface area (Å²) < 4.78 is 5.44. The van der Waals surface area contributed by atoms with Gasteiger partial charge in [0.25, 0.3) is 0 Å². The van der Waals surface area contributed by atoms with Crippen molar-refractivity contribution < 1.29 is 9.53 Å². The molecule has 2 rings (SSSR count). The molecule has 0 N–H and O–H groups in total. The molecule has 0 aliphatic carbocycles. The number of nitrogens with zero attached hydrogens (tertiary/aromatic N) is 3. The van der Waals surface area contributed by atoms with Crippen LogP contribution in [0.1, 0.15) is 37.6 Å². The van der Waals surface area contributed by atoms with Crippen LogP contribution in [-0.4, -0.2) is 52.2 Å². The minimum absolute atomic E-state index is 0.209. The van der Waals surface area contributed by atoms with Gasteiger partial charge in [-0.25, -0.2) is 9.78 Å². The van der Waals surface area contributed by atoms with Crippen LogP contribution in [0.4, 0.5) is 4.79 Å². The van der Waals surface area contributed by atoms with E-state index in [0.717, 1.165) is 18.1 Å². The van der Waals surface area contributed by atoms with Gasteiger partial charge in [0.05, 0.1) is 6.54 Å². The van der Waals surface area contributed by atoms with Crippen LogP contribution in [0.2, 0.25) is 0 Å². The predicted octanol–water partition coefficient (Wildman–Crippen LogP) is 2.89. The lowest BCUT2D eigenvalue weighted by atomic mass is 10.2. The van der Waals surface area contributed by atoms with Crippen molar-refractivity contribution in [1.82, 2.24) is 14.8 Å². The average Bonchev–Trinajstić information content (AvgIpc) is 2.75. The first-order valence-electron chi connectivity index (χ1n) is 7.38. The first kappa shape index (κ1) is 16.2. The Balaban J connectivity index is 1.88. The van der Waals surface area contributed by atoms with E-state index in [0.29, 0.717) is 19.1 Å². The molecule has 0 bridgehead atoms. The number of hydrogen-bond donors (Lipinski definition) is 0. The summed E-state index contributed by atoms with van der Waals surface area (Å²) in [6, 6.07) is 0.315. The molecule has 1 unspecified atom stereocenters. The molecule has 5 nitrogen and oxygen atoms in total. The SMILES string of the molecule is Cc1cnc(CN2CCN(C(=O)OC(C)(C)C)CC2C)s1. The van der Waals surface area contributed by atoms with Crippen molar-refractivity contribution in [3.05, 3.63) is 16.1 Å². The molecular formula is C15H25N3O2S. The molecule has 1 atom stereocenters. The second-order valence-corrected chi connectivity index (χ2v) is 7.93. The van der Waals surface area contributed by atoms with Crippen LogP contribution >= 0.6 is 11.3 Å². The summed E-state index contributed by atoms with van der Waals surface area (Å²) in [5.74, 6) is 0. The van der Waals surface area contributed by atoms with Crippen molar-refractivity contribution in [2.24, 2.45) is 0 Å². The molecule has 1 saturated heterocycles. The van der Waals surface area contributed by atoms with Gasteiger partial charge in [-0.15, -0.1) is 11.3 Å². The van der Waals surface area contributed by atoms with Gasteiger partial charge in [-0.05, 0) is 34.6 Å². The summed E-state index contributed by atoms with van der Waals surface area (Å²) in [6.45, 7) is 13.1. The minimum atomic E-state index is -0.435. The van der Waals surface area contributed by atoms with Gasteiger partial charge in [0, 0.05) is 36.8 Å². The van der Waals surface area contributed by atoms with E-state index in [1.807, 2.05) is 27.0 Å². The maximum absolute atomic E-state index is 12.1. The number of thiazole rings is 1. The van der Waals surface area contributed by atoms with Crippen LogP contribution < -0.4 is 0 Å². The van der Waals surface area contributed by atoms with Crippen molar-refractivity contribution in [3.63, 3.8) is 0 Å². The number of carbonyl (C=O) groups excluding carboxylic acids is 1. The zero-order valence-electron chi connectivity index (χ0n) is 13.5. The summed E-state index contributed by atoms with van der Waals surface area (Å²) in [6.07, 6.45) is 1.71. The number of rotatable bonds is 2. The number of aryl methyl sites for hydroxylation is 1. The summed E-state index contributed by atoms with van der Waals surface area (Å²) in [5.41, 5.74) is -0.435. The van der Waals surface area contributed by atoms with E-state index >= 15 is 0 Å². The Morgan fingerprint density at radius 1 is 1.48 bits per heavy atom. The lowest BCUT2D eigenvalue weighted by Crippen LogP contribution is -2.54. The van der Waals surface area contributed by atoms with Gasteiger partial charge in [0.2, 0.25) is 0 Å². The molecule has 118 valence electrons. The second kappa shape index (κ2) is 6.32. The van der Waals surface area contributed by atoms with E-state index in [1.54, 1.807) is 16.2 Å². The highest BCUT2D eigenvalue weighted by molar-refractivity contribution is 7.11. The second-order valence-electron chi connectivity index (χ2n) is 6.61. The third-order valence-corrected chi connectivity index (χ3v) is 4.32. The van der Waals surface area contributed by atoms with E-state index < -0.39 is 5.60 Å². The van der Waals surface area contributed by atoms with Crippen LogP contribution in [0.5, 0.6) is 0 Å². The quantitative estimate of drug-likeness (QED) is 0.842. The van der Waals surface area contributed by atoms with E-state index in [2.05, 4.69) is 23.7 Å². The summed E-state index contributed by atoms with van der Waals surface area (Å²) in [5, 5.41) is 1.14. The highest BCUT2D eigenvalue weighted by Crippen LogP contribution is 2.19. The summed E-state index contributed by atoms with van der Waals surface area (Å²) in [7, 11) is 0. The Kier molecular flexibility index (Phi) is 4.88. The molecule has 1 aromatic rings. The third kappa shape index (κ3) is 4.68. The normalized spacial score (nSPS) is 20.6. The molecule has 0 aromatic carbocycles. The van der Waals surface area contributed by atoms with Crippen LogP contribution in [0.25, 0.3) is 0 Å². The summed E-state index contributed by atoms with van der Waals surface area (Å²) >= 11 is 1.74. The highest BCUT2D eigenvalue weighted by Gasteiger charge is 2.30. The Bertz CT molecular complexity index is 495. The molecule has 1 aromatic heterocycles. The highest BCUT2D eigenvalue weighted by atomic mass is 32.1. The number of piperazine rings is 1. The van der Waals surface area contributed by atoms with Crippen LogP contribution in [0.15, 0.2) is 6.20 Å². The number of amides is 1. The Morgan fingerprint density at radius 3 is 2.71 bits per heavy atom. The van der Waals surface area contributed by atoms with Crippen LogP contribution in [-0.2, 0) is 11.3 Å². The topological polar surface area (TPSA) is 45.7 Å². The van der Waals surface area contributed by atoms with Crippen LogP contribution in [0.3, 0.4) is 0 Å². The fourth-order valence-corrected chi connectivity index (χ4v) is 3.18. The van der Waals surface area contributed by atoms with Crippen molar-refractivity contribution in [2.45, 2.75) is 52.8 Å². The van der Waals surface area contributed by atoms with Gasteiger partial charge in [0.15, 0.2) is 0 Å².